The fraction of sp³-hybridized carbons (Fsp3) is 0.360. The molecule has 7 heterocycles. The summed E-state index contributed by atoms with van der Waals surface area (Å²) in [6.07, 6.45) is 0.608. The predicted octanol–water partition coefficient (Wildman–Crippen LogP) is 6.93. The zero-order valence-corrected chi connectivity index (χ0v) is 36.8. The molecule has 11 rings (SSSR count). The summed E-state index contributed by atoms with van der Waals surface area (Å²) in [6, 6.07) is 29.3. The molecule has 0 saturated carbocycles. The maximum absolute atomic E-state index is 13.4. The first-order valence-electron chi connectivity index (χ1n) is 22.1. The lowest BCUT2D eigenvalue weighted by Crippen LogP contribution is -2.34. The molecule has 4 amide bonds. The van der Waals surface area contributed by atoms with E-state index in [1.807, 2.05) is 48.5 Å². The third kappa shape index (κ3) is 15.4. The molecule has 0 spiro atoms. The number of hydrogen-bond donors (Lipinski definition) is 4. The molecule has 0 atom stereocenters. The summed E-state index contributed by atoms with van der Waals surface area (Å²) in [4.78, 5) is 105. The van der Waals surface area contributed by atoms with Crippen LogP contribution in [0.15, 0.2) is 97.1 Å². The molecule has 66 heavy (non-hydrogen) atoms. The van der Waals surface area contributed by atoms with Gasteiger partial charge in [-0.05, 0) is 109 Å². The molecule has 348 valence electrons. The van der Waals surface area contributed by atoms with Crippen LogP contribution in [0, 0.1) is 0 Å². The number of carboxylic acid groups (broad SMARTS) is 4. The highest BCUT2D eigenvalue weighted by molar-refractivity contribution is 5.97. The van der Waals surface area contributed by atoms with E-state index in [2.05, 4.69) is 0 Å². The molecule has 4 N–H and O–H groups in total. The minimum absolute atomic E-state index is 0.206. The van der Waals surface area contributed by atoms with Crippen molar-refractivity contribution < 1.29 is 58.8 Å². The van der Waals surface area contributed by atoms with Gasteiger partial charge in [0, 0.05) is 74.6 Å². The van der Waals surface area contributed by atoms with Crippen LogP contribution in [0.4, 0.5) is 22.7 Å². The van der Waals surface area contributed by atoms with E-state index < -0.39 is 23.9 Å². The summed E-state index contributed by atoms with van der Waals surface area (Å²) >= 11 is 0. The van der Waals surface area contributed by atoms with Crippen molar-refractivity contribution in [2.45, 2.75) is 89.9 Å². The number of aliphatic carboxylic acids is 4. The van der Waals surface area contributed by atoms with Gasteiger partial charge in [-0.25, -0.2) is 0 Å². The number of anilines is 4. The Morgan fingerprint density at radius 3 is 0.652 bits per heavy atom. The number of benzene rings is 4. The number of nitrogens with zero attached hydrogens (tertiary/aromatic N) is 4. The standard InChI is InChI=1S/C50H56N4O12/c55-43(21-25-47(59)60)51-29-1-2-30-52(44(56)22-26-48(61)62)40-15-7-36(8-16-40)34-38-11-19-42(20-12-38)54(46(58)24-28-50(65)66)32-4-3-31-53(45(57)23-27-49(63)64)41-17-9-37(10-18-41)33-35-5-13-39(51)14-6-35/h5-20H,1-4,21-34H2,(H,59,60)(H,61,62)(H,63,64)(H,65,66). The van der Waals surface area contributed by atoms with Gasteiger partial charge in [-0.2, -0.15) is 0 Å². The molecule has 7 aliphatic heterocycles. The molecule has 0 aromatic heterocycles. The lowest BCUT2D eigenvalue weighted by atomic mass is 10.0. The van der Waals surface area contributed by atoms with E-state index in [0.717, 1.165) is 22.3 Å². The number of rotatable bonds is 12. The fourth-order valence-corrected chi connectivity index (χ4v) is 7.71. The molecule has 7 aliphatic rings. The fourth-order valence-electron chi connectivity index (χ4n) is 7.71. The van der Waals surface area contributed by atoms with Crippen molar-refractivity contribution in [2.24, 2.45) is 0 Å². The number of carbonyl (C=O) groups excluding carboxylic acids is 4. The van der Waals surface area contributed by atoms with Crippen molar-refractivity contribution in [1.82, 2.24) is 0 Å². The third-order valence-corrected chi connectivity index (χ3v) is 11.3. The van der Waals surface area contributed by atoms with Gasteiger partial charge in [0.25, 0.3) is 0 Å². The summed E-state index contributed by atoms with van der Waals surface area (Å²) in [5.74, 6) is -5.84. The van der Waals surface area contributed by atoms with Crippen LogP contribution in [-0.4, -0.2) is 94.1 Å². The summed E-state index contributed by atoms with van der Waals surface area (Å²) in [5, 5.41) is 37.2. The Morgan fingerprint density at radius 1 is 0.303 bits per heavy atom. The van der Waals surface area contributed by atoms with Gasteiger partial charge >= 0.3 is 23.9 Å². The third-order valence-electron chi connectivity index (χ3n) is 11.3. The van der Waals surface area contributed by atoms with Crippen LogP contribution >= 0.6 is 0 Å². The smallest absolute Gasteiger partial charge is 0.303 e. The Balaban J connectivity index is 1.46. The average molecular weight is 905 g/mol. The molecule has 0 saturated heterocycles. The molecular weight excluding hydrogens is 849 g/mol. The molecule has 16 nitrogen and oxygen atoms in total. The Morgan fingerprint density at radius 2 is 0.485 bits per heavy atom. The Hall–Kier alpha value is -7.36. The largest absolute Gasteiger partial charge is 0.481 e. The summed E-state index contributed by atoms with van der Waals surface area (Å²) < 4.78 is 0. The number of amides is 4. The highest BCUT2D eigenvalue weighted by Gasteiger charge is 2.22. The van der Waals surface area contributed by atoms with Crippen molar-refractivity contribution >= 4 is 70.3 Å². The predicted molar refractivity (Wildman–Crippen MR) is 247 cm³/mol. The van der Waals surface area contributed by atoms with Gasteiger partial charge < -0.3 is 40.0 Å². The second-order valence-corrected chi connectivity index (χ2v) is 16.2. The SMILES string of the molecule is O=C(O)CCC(=O)N1CCCCN(C(=O)CCC(=O)O)c2ccc(cc2)Cc2ccc(cc2)N(C(=O)CCC(=O)O)CCCCN(C(=O)CCC(=O)O)c2ccc(cc2)Cc2ccc1cc2. The Bertz CT molecular complexity index is 2000. The number of carbonyl (C=O) groups is 8. The van der Waals surface area contributed by atoms with Crippen LogP contribution in [0.3, 0.4) is 0 Å². The summed E-state index contributed by atoms with van der Waals surface area (Å²) in [6.45, 7) is 0.961. The van der Waals surface area contributed by atoms with Gasteiger partial charge in [-0.3, -0.25) is 38.4 Å². The first kappa shape index (κ1) is 49.7. The van der Waals surface area contributed by atoms with Gasteiger partial charge in [-0.15, -0.1) is 0 Å². The highest BCUT2D eigenvalue weighted by atomic mass is 16.4. The van der Waals surface area contributed by atoms with Gasteiger partial charge in [0.15, 0.2) is 0 Å². The zero-order valence-electron chi connectivity index (χ0n) is 36.8. The van der Waals surface area contributed by atoms with Gasteiger partial charge in [0.2, 0.25) is 23.6 Å². The molecular formula is C50H56N4O12. The van der Waals surface area contributed by atoms with E-state index in [4.69, 9.17) is 0 Å². The van der Waals surface area contributed by atoms with Gasteiger partial charge in [-0.1, -0.05) is 48.5 Å². The van der Waals surface area contributed by atoms with Crippen molar-refractivity contribution in [3.63, 3.8) is 0 Å². The van der Waals surface area contributed by atoms with Crippen molar-refractivity contribution in [3.05, 3.63) is 119 Å². The van der Waals surface area contributed by atoms with Crippen LogP contribution in [0.2, 0.25) is 0 Å². The molecule has 0 aliphatic carbocycles. The lowest BCUT2D eigenvalue weighted by Gasteiger charge is -2.26. The highest BCUT2D eigenvalue weighted by Crippen LogP contribution is 2.26. The molecule has 0 fully saturated rings. The first-order chi connectivity index (χ1) is 31.7. The van der Waals surface area contributed by atoms with Gasteiger partial charge in [0.1, 0.15) is 0 Å². The maximum Gasteiger partial charge on any atom is 0.303 e. The molecule has 4 aromatic carbocycles. The van der Waals surface area contributed by atoms with Crippen LogP contribution in [0.25, 0.3) is 0 Å². The van der Waals surface area contributed by atoms with Crippen LogP contribution < -0.4 is 19.6 Å². The zero-order chi connectivity index (χ0) is 47.6. The maximum atomic E-state index is 13.4. The quantitative estimate of drug-likeness (QED) is 0.113. The second-order valence-electron chi connectivity index (χ2n) is 16.2. The van der Waals surface area contributed by atoms with Crippen LogP contribution in [0.5, 0.6) is 0 Å². The van der Waals surface area contributed by atoms with E-state index in [0.29, 0.717) is 61.3 Å². The van der Waals surface area contributed by atoms with E-state index in [-0.39, 0.29) is 101 Å². The van der Waals surface area contributed by atoms with Gasteiger partial charge in [0.05, 0.1) is 25.7 Å². The Kier molecular flexibility index (Phi) is 18.5. The lowest BCUT2D eigenvalue weighted by molar-refractivity contribution is -0.139. The normalized spacial score (nSPS) is 13.9. The molecule has 16 heteroatoms. The van der Waals surface area contributed by atoms with Crippen molar-refractivity contribution in [1.29, 1.82) is 0 Å². The molecule has 8 bridgehead atoms. The van der Waals surface area contributed by atoms with Crippen LogP contribution in [-0.2, 0) is 51.2 Å². The first-order valence-corrected chi connectivity index (χ1v) is 22.1. The van der Waals surface area contributed by atoms with E-state index in [1.54, 1.807) is 68.1 Å². The second kappa shape index (κ2) is 24.6. The number of carboxylic acids is 4. The molecule has 0 radical (unpaired) electrons. The average Bonchev–Trinajstić information content (AvgIpc) is 3.29. The minimum atomic E-state index is -1.10. The minimum Gasteiger partial charge on any atom is -0.481 e. The summed E-state index contributed by atoms with van der Waals surface area (Å²) in [5.41, 5.74) is 5.96. The summed E-state index contributed by atoms with van der Waals surface area (Å²) in [7, 11) is 0. The van der Waals surface area contributed by atoms with Crippen molar-refractivity contribution in [3.8, 4) is 0 Å². The van der Waals surface area contributed by atoms with Crippen LogP contribution in [0.1, 0.15) is 99.3 Å². The van der Waals surface area contributed by atoms with E-state index in [9.17, 15) is 58.8 Å². The monoisotopic (exact) mass is 904 g/mol. The van der Waals surface area contributed by atoms with Crippen molar-refractivity contribution in [2.75, 3.05) is 45.8 Å². The van der Waals surface area contributed by atoms with E-state index >= 15 is 0 Å². The topological polar surface area (TPSA) is 230 Å². The Labute approximate surface area is 383 Å². The molecule has 4 aromatic rings. The van der Waals surface area contributed by atoms with E-state index in [1.165, 1.54) is 0 Å². The number of hydrogen-bond acceptors (Lipinski definition) is 8. The molecule has 0 unspecified atom stereocenters.